The summed E-state index contributed by atoms with van der Waals surface area (Å²) in [6, 6.07) is 11.5. The van der Waals surface area contributed by atoms with E-state index in [1.807, 2.05) is 37.3 Å². The van der Waals surface area contributed by atoms with Crippen LogP contribution in [0.3, 0.4) is 0 Å². The molecule has 1 saturated heterocycles. The number of ether oxygens (including phenoxy) is 1. The molecule has 12 nitrogen and oxygen atoms in total. The van der Waals surface area contributed by atoms with Gasteiger partial charge in [0.25, 0.3) is 0 Å². The summed E-state index contributed by atoms with van der Waals surface area (Å²) in [6.45, 7) is 4.78. The lowest BCUT2D eigenvalue weighted by Gasteiger charge is -2.34. The molecule has 360 valence electrons. The lowest BCUT2D eigenvalue weighted by molar-refractivity contribution is -0.149. The number of likely N-dealkylation sites (N-methyl/N-ethyl adjacent to an activating group) is 1. The van der Waals surface area contributed by atoms with Crippen LogP contribution >= 0.6 is 12.4 Å². The van der Waals surface area contributed by atoms with Gasteiger partial charge in [-0.1, -0.05) is 82.1 Å². The molecule has 0 spiro atoms. The maximum atomic E-state index is 14.3. The number of alkyl halides is 6. The number of carbonyl (C=O) groups excluding carboxylic acids is 5. The molecular weight excluding hydrogens is 894 g/mol. The highest BCUT2D eigenvalue weighted by atomic mass is 35.5. The topological polar surface area (TPSA) is 167 Å². The fraction of sp³-hybridized carbons (Fsp3) is 0.468. The fourth-order valence-corrected chi connectivity index (χ4v) is 8.06. The van der Waals surface area contributed by atoms with Crippen LogP contribution in [0.25, 0.3) is 10.9 Å². The summed E-state index contributed by atoms with van der Waals surface area (Å²) >= 11 is 0. The first-order valence-corrected chi connectivity index (χ1v) is 21.6. The first-order chi connectivity index (χ1) is 30.7. The summed E-state index contributed by atoms with van der Waals surface area (Å²) in [4.78, 5) is 75.9. The molecule has 2 heterocycles. The molecule has 4 amide bonds. The number of nitrogens with zero attached hydrogens (tertiary/aromatic N) is 2. The largest absolute Gasteiger partial charge is 0.459 e. The standard InChI is InChI=1S/C47H56F6N6O6.ClH/c1-5-6-17-40(58(4)43(62)35(54)23-29-13-8-7-9-14-29)44(63)59-19-12-18-39(59)42(61)56-37(20-28(2)3)41(60)57-38(24-31-26-55-36-16-11-10-15-34(31)36)45(64)65-27-30-21-32(46(48,49)50)25-33(22-30)47(51,52)53;/h7-11,13-16,21-22,25-26,28,35,37-40,55H,5-6,12,17-20,23-24,27,54H2,1-4H3,(H,56,61)(H,57,60);1H/t35-,37-,38-,39-,40?;/m0./s1. The maximum absolute atomic E-state index is 14.3. The predicted octanol–water partition coefficient (Wildman–Crippen LogP) is 7.51. The van der Waals surface area contributed by atoms with Gasteiger partial charge in [-0.05, 0) is 79.0 Å². The smallest absolute Gasteiger partial charge is 0.416 e. The maximum Gasteiger partial charge on any atom is 0.416 e. The Labute approximate surface area is 385 Å². The summed E-state index contributed by atoms with van der Waals surface area (Å²) < 4.78 is 86.9. The zero-order valence-electron chi connectivity index (χ0n) is 37.1. The summed E-state index contributed by atoms with van der Waals surface area (Å²) in [7, 11) is 1.52. The van der Waals surface area contributed by atoms with E-state index in [1.165, 1.54) is 16.8 Å². The number of benzene rings is 3. The molecule has 66 heavy (non-hydrogen) atoms. The van der Waals surface area contributed by atoms with Gasteiger partial charge in [-0.25, -0.2) is 4.79 Å². The third-order valence-corrected chi connectivity index (χ3v) is 11.5. The Hall–Kier alpha value is -5.62. The van der Waals surface area contributed by atoms with E-state index in [2.05, 4.69) is 15.6 Å². The number of carbonyl (C=O) groups is 5. The van der Waals surface area contributed by atoms with Crippen molar-refractivity contribution in [1.29, 1.82) is 0 Å². The lowest BCUT2D eigenvalue weighted by Crippen LogP contribution is -2.58. The minimum absolute atomic E-state index is 0. The number of para-hydroxylation sites is 1. The van der Waals surface area contributed by atoms with E-state index in [1.54, 1.807) is 44.3 Å². The van der Waals surface area contributed by atoms with Crippen molar-refractivity contribution in [2.75, 3.05) is 13.6 Å². The Balaban J connectivity index is 0.00000952. The van der Waals surface area contributed by atoms with Gasteiger partial charge in [-0.3, -0.25) is 19.2 Å². The number of hydrogen-bond acceptors (Lipinski definition) is 7. The third kappa shape index (κ3) is 14.0. The van der Waals surface area contributed by atoms with E-state index >= 15 is 0 Å². The van der Waals surface area contributed by atoms with Gasteiger partial charge in [-0.2, -0.15) is 26.3 Å². The number of nitrogens with two attached hydrogens (primary N) is 1. The number of aromatic amines is 1. The monoisotopic (exact) mass is 950 g/mol. The van der Waals surface area contributed by atoms with E-state index in [4.69, 9.17) is 10.5 Å². The van der Waals surface area contributed by atoms with Crippen LogP contribution in [-0.2, 0) is 60.5 Å². The highest BCUT2D eigenvalue weighted by Crippen LogP contribution is 2.36. The normalized spacial score (nSPS) is 15.9. The zero-order chi connectivity index (χ0) is 47.6. The summed E-state index contributed by atoms with van der Waals surface area (Å²) in [5.41, 5.74) is 4.67. The molecule has 1 aromatic heterocycles. The first kappa shape index (κ1) is 53.0. The second-order valence-electron chi connectivity index (χ2n) is 16.9. The van der Waals surface area contributed by atoms with Crippen molar-refractivity contribution in [1.82, 2.24) is 25.4 Å². The Bertz CT molecular complexity index is 2260. The van der Waals surface area contributed by atoms with Crippen LogP contribution in [0, 0.1) is 5.92 Å². The molecule has 1 aliphatic heterocycles. The summed E-state index contributed by atoms with van der Waals surface area (Å²) in [5, 5.41) is 6.06. The molecule has 1 unspecified atom stereocenters. The van der Waals surface area contributed by atoms with Crippen LogP contribution < -0.4 is 16.4 Å². The molecule has 5 atom stereocenters. The van der Waals surface area contributed by atoms with Crippen molar-refractivity contribution in [2.45, 2.75) is 121 Å². The number of fused-ring (bicyclic) bond motifs is 1. The number of amides is 4. The number of rotatable bonds is 19. The van der Waals surface area contributed by atoms with Gasteiger partial charge >= 0.3 is 18.3 Å². The molecule has 0 radical (unpaired) electrons. The fourth-order valence-electron chi connectivity index (χ4n) is 8.06. The van der Waals surface area contributed by atoms with Crippen molar-refractivity contribution >= 4 is 52.9 Å². The minimum Gasteiger partial charge on any atom is -0.459 e. The quantitative estimate of drug-likeness (QED) is 0.0558. The van der Waals surface area contributed by atoms with Gasteiger partial charge in [0, 0.05) is 37.1 Å². The molecule has 1 aliphatic rings. The van der Waals surface area contributed by atoms with Gasteiger partial charge in [0.15, 0.2) is 0 Å². The van der Waals surface area contributed by atoms with E-state index in [-0.39, 0.29) is 56.6 Å². The number of hydrogen-bond donors (Lipinski definition) is 4. The molecular formula is C47H57ClF6N6O6. The van der Waals surface area contributed by atoms with Crippen molar-refractivity contribution in [2.24, 2.45) is 11.7 Å². The van der Waals surface area contributed by atoms with Gasteiger partial charge in [-0.15, -0.1) is 12.4 Å². The van der Waals surface area contributed by atoms with Crippen LogP contribution in [0.15, 0.2) is 79.0 Å². The average Bonchev–Trinajstić information content (AvgIpc) is 3.92. The Morgan fingerprint density at radius 2 is 1.52 bits per heavy atom. The SMILES string of the molecule is CCCCC(C(=O)N1CCC[C@H]1C(=O)N[C@@H](CC(C)C)C(=O)N[C@@H](Cc1c[nH]c2ccccc12)C(=O)OCc1cc(C(F)(F)F)cc(C(F)(F)F)c1)N(C)C(=O)[C@@H](N)Cc1ccccc1.Cl. The number of aromatic nitrogens is 1. The van der Waals surface area contributed by atoms with Crippen LogP contribution in [0.4, 0.5) is 26.3 Å². The average molecular weight is 951 g/mol. The number of nitrogens with one attached hydrogen (secondary N) is 3. The van der Waals surface area contributed by atoms with Gasteiger partial charge in [0.2, 0.25) is 23.6 Å². The van der Waals surface area contributed by atoms with E-state index in [0.717, 1.165) is 12.0 Å². The predicted molar refractivity (Wildman–Crippen MR) is 238 cm³/mol. The van der Waals surface area contributed by atoms with Crippen LogP contribution in [0.5, 0.6) is 0 Å². The van der Waals surface area contributed by atoms with Crippen molar-refractivity contribution in [3.8, 4) is 0 Å². The Morgan fingerprint density at radius 1 is 0.879 bits per heavy atom. The number of esters is 1. The van der Waals surface area contributed by atoms with Gasteiger partial charge < -0.3 is 35.9 Å². The van der Waals surface area contributed by atoms with Crippen molar-refractivity contribution < 1.29 is 55.1 Å². The highest BCUT2D eigenvalue weighted by molar-refractivity contribution is 5.96. The molecule has 3 aromatic carbocycles. The molecule has 0 bridgehead atoms. The molecule has 5 N–H and O–H groups in total. The van der Waals surface area contributed by atoms with Crippen LogP contribution in [0.2, 0.25) is 0 Å². The molecule has 5 rings (SSSR count). The third-order valence-electron chi connectivity index (χ3n) is 11.5. The molecule has 0 aliphatic carbocycles. The second-order valence-corrected chi connectivity index (χ2v) is 16.9. The van der Waals surface area contributed by atoms with E-state index < -0.39 is 95.5 Å². The number of halogens is 7. The molecule has 4 aromatic rings. The van der Waals surface area contributed by atoms with E-state index in [0.29, 0.717) is 47.9 Å². The van der Waals surface area contributed by atoms with Gasteiger partial charge in [0.1, 0.15) is 30.8 Å². The summed E-state index contributed by atoms with van der Waals surface area (Å²) in [5.74, 6) is -3.67. The molecule has 0 saturated carbocycles. The molecule has 19 heteroatoms. The first-order valence-electron chi connectivity index (χ1n) is 21.6. The van der Waals surface area contributed by atoms with Crippen LogP contribution in [0.1, 0.15) is 87.1 Å². The van der Waals surface area contributed by atoms with Gasteiger partial charge in [0.05, 0.1) is 17.2 Å². The van der Waals surface area contributed by atoms with Crippen molar-refractivity contribution in [3.63, 3.8) is 0 Å². The van der Waals surface area contributed by atoms with E-state index in [9.17, 15) is 50.3 Å². The lowest BCUT2D eigenvalue weighted by atomic mass is 10.0. The second kappa shape index (κ2) is 23.2. The van der Waals surface area contributed by atoms with Crippen LogP contribution in [-0.4, -0.2) is 88.2 Å². The highest BCUT2D eigenvalue weighted by Gasteiger charge is 2.42. The molecule has 1 fully saturated rings. The number of unbranched alkanes of at least 4 members (excludes halogenated alkanes) is 1. The minimum atomic E-state index is -5.13. The number of H-pyrrole nitrogens is 1. The number of likely N-dealkylation sites (tertiary alicyclic amines) is 1. The Morgan fingerprint density at radius 3 is 2.14 bits per heavy atom. The van der Waals surface area contributed by atoms with Crippen molar-refractivity contribution in [3.05, 3.63) is 107 Å². The Kier molecular flexibility index (Phi) is 18.6. The summed E-state index contributed by atoms with van der Waals surface area (Å²) in [6.07, 6.45) is -6.15. The zero-order valence-corrected chi connectivity index (χ0v) is 38.0.